The summed E-state index contributed by atoms with van der Waals surface area (Å²) in [7, 11) is 0. The van der Waals surface area contributed by atoms with E-state index < -0.39 is 0 Å². The maximum absolute atomic E-state index is 5.83. The maximum atomic E-state index is 5.83. The van der Waals surface area contributed by atoms with Gasteiger partial charge in [-0.15, -0.1) is 16.8 Å². The van der Waals surface area contributed by atoms with E-state index in [1.165, 1.54) is 5.39 Å². The van der Waals surface area contributed by atoms with Gasteiger partial charge in [-0.25, -0.2) is 0 Å². The number of rotatable bonds is 6. The van der Waals surface area contributed by atoms with Crippen molar-refractivity contribution in [3.8, 4) is 11.4 Å². The number of ether oxygens (including phenoxy) is 1. The highest BCUT2D eigenvalue weighted by molar-refractivity contribution is 7.99. The van der Waals surface area contributed by atoms with Crippen LogP contribution in [0.3, 0.4) is 0 Å². The van der Waals surface area contributed by atoms with Gasteiger partial charge in [0.1, 0.15) is 0 Å². The Kier molecular flexibility index (Phi) is 4.40. The molecule has 1 aliphatic rings. The SMILES string of the molecule is C=CCSc1nnc(-c2c[nH]c3ccccc23)n1C[C@@H]1CCCO1. The van der Waals surface area contributed by atoms with Gasteiger partial charge in [0, 0.05) is 35.0 Å². The average molecular weight is 340 g/mol. The van der Waals surface area contributed by atoms with E-state index in [1.54, 1.807) is 11.8 Å². The van der Waals surface area contributed by atoms with Crippen LogP contribution in [0, 0.1) is 0 Å². The van der Waals surface area contributed by atoms with E-state index >= 15 is 0 Å². The molecule has 6 heteroatoms. The number of nitrogens with zero attached hydrogens (tertiary/aromatic N) is 3. The van der Waals surface area contributed by atoms with Crippen LogP contribution in [-0.4, -0.2) is 38.2 Å². The summed E-state index contributed by atoms with van der Waals surface area (Å²) in [6, 6.07) is 8.27. The van der Waals surface area contributed by atoms with Crippen LogP contribution in [0.4, 0.5) is 0 Å². The van der Waals surface area contributed by atoms with Crippen molar-refractivity contribution in [1.29, 1.82) is 0 Å². The lowest BCUT2D eigenvalue weighted by atomic mass is 10.1. The Balaban J connectivity index is 1.76. The zero-order valence-electron chi connectivity index (χ0n) is 13.4. The molecule has 0 aliphatic carbocycles. The summed E-state index contributed by atoms with van der Waals surface area (Å²) >= 11 is 1.66. The van der Waals surface area contributed by atoms with E-state index in [-0.39, 0.29) is 6.10 Å². The van der Waals surface area contributed by atoms with Gasteiger partial charge in [0.2, 0.25) is 0 Å². The lowest BCUT2D eigenvalue weighted by Crippen LogP contribution is -2.16. The number of para-hydroxylation sites is 1. The average Bonchev–Trinajstić information content (AvgIpc) is 3.33. The molecule has 0 unspecified atom stereocenters. The van der Waals surface area contributed by atoms with E-state index in [1.807, 2.05) is 24.4 Å². The quantitative estimate of drug-likeness (QED) is 0.546. The van der Waals surface area contributed by atoms with Crippen LogP contribution in [0.25, 0.3) is 22.3 Å². The summed E-state index contributed by atoms with van der Waals surface area (Å²) in [5.74, 6) is 1.71. The Labute approximate surface area is 145 Å². The van der Waals surface area contributed by atoms with Crippen LogP contribution >= 0.6 is 11.8 Å². The summed E-state index contributed by atoms with van der Waals surface area (Å²) in [6.45, 7) is 5.44. The molecule has 0 bridgehead atoms. The summed E-state index contributed by atoms with van der Waals surface area (Å²) in [5.41, 5.74) is 2.20. The third-order valence-electron chi connectivity index (χ3n) is 4.29. The Morgan fingerprint density at radius 1 is 1.38 bits per heavy atom. The molecule has 3 heterocycles. The molecule has 1 N–H and O–H groups in total. The van der Waals surface area contributed by atoms with Crippen molar-refractivity contribution >= 4 is 22.7 Å². The Morgan fingerprint density at radius 2 is 2.29 bits per heavy atom. The number of aromatic amines is 1. The van der Waals surface area contributed by atoms with Crippen LogP contribution in [0.2, 0.25) is 0 Å². The van der Waals surface area contributed by atoms with Crippen LogP contribution in [-0.2, 0) is 11.3 Å². The first-order valence-electron chi connectivity index (χ1n) is 8.22. The number of H-pyrrole nitrogens is 1. The molecule has 1 atom stereocenters. The lowest BCUT2D eigenvalue weighted by molar-refractivity contribution is 0.0953. The first-order valence-corrected chi connectivity index (χ1v) is 9.20. The lowest BCUT2D eigenvalue weighted by Gasteiger charge is -2.14. The Hall–Kier alpha value is -2.05. The second-order valence-electron chi connectivity index (χ2n) is 5.90. The molecular weight excluding hydrogens is 320 g/mol. The molecule has 0 amide bonds. The van der Waals surface area contributed by atoms with Crippen molar-refractivity contribution in [3.05, 3.63) is 43.1 Å². The molecule has 0 saturated carbocycles. The molecule has 5 nitrogen and oxygen atoms in total. The molecule has 0 radical (unpaired) electrons. The predicted molar refractivity (Wildman–Crippen MR) is 97.2 cm³/mol. The van der Waals surface area contributed by atoms with Gasteiger partial charge in [-0.1, -0.05) is 36.0 Å². The summed E-state index contributed by atoms with van der Waals surface area (Å²) in [4.78, 5) is 3.32. The molecule has 24 heavy (non-hydrogen) atoms. The van der Waals surface area contributed by atoms with Gasteiger partial charge >= 0.3 is 0 Å². The second kappa shape index (κ2) is 6.83. The smallest absolute Gasteiger partial charge is 0.191 e. The Morgan fingerprint density at radius 3 is 3.12 bits per heavy atom. The first kappa shape index (κ1) is 15.5. The second-order valence-corrected chi connectivity index (χ2v) is 6.89. The van der Waals surface area contributed by atoms with Gasteiger partial charge in [-0.3, -0.25) is 4.57 Å². The number of thioether (sulfide) groups is 1. The fraction of sp³-hybridized carbons (Fsp3) is 0.333. The number of hydrogen-bond donors (Lipinski definition) is 1. The van der Waals surface area contributed by atoms with Gasteiger partial charge in [0.05, 0.1) is 12.6 Å². The van der Waals surface area contributed by atoms with E-state index in [0.29, 0.717) is 0 Å². The normalized spacial score (nSPS) is 17.6. The van der Waals surface area contributed by atoms with E-state index in [4.69, 9.17) is 4.74 Å². The fourth-order valence-electron chi connectivity index (χ4n) is 3.14. The summed E-state index contributed by atoms with van der Waals surface area (Å²) in [5, 5.41) is 11.0. The highest BCUT2D eigenvalue weighted by Gasteiger charge is 2.22. The molecule has 124 valence electrons. The van der Waals surface area contributed by atoms with Crippen molar-refractivity contribution in [3.63, 3.8) is 0 Å². The van der Waals surface area contributed by atoms with Crippen molar-refractivity contribution in [1.82, 2.24) is 19.7 Å². The minimum atomic E-state index is 0.244. The van der Waals surface area contributed by atoms with Gasteiger partial charge in [-0.2, -0.15) is 0 Å². The van der Waals surface area contributed by atoms with Gasteiger partial charge < -0.3 is 9.72 Å². The number of benzene rings is 1. The summed E-state index contributed by atoms with van der Waals surface area (Å²) < 4.78 is 8.03. The predicted octanol–water partition coefficient (Wildman–Crippen LogP) is 3.88. The van der Waals surface area contributed by atoms with E-state index in [0.717, 1.165) is 53.8 Å². The van der Waals surface area contributed by atoms with Gasteiger partial charge in [-0.05, 0) is 18.9 Å². The molecule has 1 aliphatic heterocycles. The monoisotopic (exact) mass is 340 g/mol. The van der Waals surface area contributed by atoms with E-state index in [9.17, 15) is 0 Å². The topological polar surface area (TPSA) is 55.7 Å². The number of nitrogens with one attached hydrogen (secondary N) is 1. The molecular formula is C18H20N4OS. The number of aromatic nitrogens is 4. The zero-order valence-corrected chi connectivity index (χ0v) is 14.3. The van der Waals surface area contributed by atoms with Crippen molar-refractivity contribution < 1.29 is 4.74 Å². The molecule has 0 spiro atoms. The van der Waals surface area contributed by atoms with Crippen molar-refractivity contribution in [2.24, 2.45) is 0 Å². The molecule has 3 aromatic rings. The largest absolute Gasteiger partial charge is 0.376 e. The molecule has 1 aromatic carbocycles. The van der Waals surface area contributed by atoms with Crippen LogP contribution < -0.4 is 0 Å². The van der Waals surface area contributed by atoms with Crippen LogP contribution in [0.5, 0.6) is 0 Å². The van der Waals surface area contributed by atoms with Crippen LogP contribution in [0.15, 0.2) is 48.3 Å². The summed E-state index contributed by atoms with van der Waals surface area (Å²) in [6.07, 6.45) is 6.37. The minimum Gasteiger partial charge on any atom is -0.376 e. The Bertz CT molecular complexity index is 848. The highest BCUT2D eigenvalue weighted by atomic mass is 32.2. The highest BCUT2D eigenvalue weighted by Crippen LogP contribution is 2.31. The van der Waals surface area contributed by atoms with Crippen LogP contribution in [0.1, 0.15) is 12.8 Å². The van der Waals surface area contributed by atoms with Gasteiger partial charge in [0.15, 0.2) is 11.0 Å². The third kappa shape index (κ3) is 2.87. The first-order chi connectivity index (χ1) is 11.9. The molecule has 4 rings (SSSR count). The number of hydrogen-bond acceptors (Lipinski definition) is 4. The molecule has 1 fully saturated rings. The van der Waals surface area contributed by atoms with Gasteiger partial charge in [0.25, 0.3) is 0 Å². The standard InChI is InChI=1S/C18H20N4OS/c1-2-10-24-18-21-20-17(22(18)12-13-6-5-9-23-13)15-11-19-16-8-4-3-7-14(15)16/h2-4,7-8,11,13,19H,1,5-6,9-10,12H2/t13-/m0/s1. The zero-order chi connectivity index (χ0) is 16.4. The van der Waals surface area contributed by atoms with E-state index in [2.05, 4.69) is 38.5 Å². The third-order valence-corrected chi connectivity index (χ3v) is 5.25. The van der Waals surface area contributed by atoms with Crippen molar-refractivity contribution in [2.45, 2.75) is 30.6 Å². The fourth-order valence-corrected chi connectivity index (χ4v) is 3.82. The van der Waals surface area contributed by atoms with Crippen molar-refractivity contribution in [2.75, 3.05) is 12.4 Å². The minimum absolute atomic E-state index is 0.244. The molecule has 2 aromatic heterocycles. The molecule has 1 saturated heterocycles. The number of fused-ring (bicyclic) bond motifs is 1. The maximum Gasteiger partial charge on any atom is 0.191 e.